The third-order valence-electron chi connectivity index (χ3n) is 2.61. The van der Waals surface area contributed by atoms with Gasteiger partial charge in [0.25, 0.3) is 0 Å². The second kappa shape index (κ2) is 6.71. The second-order valence-electron chi connectivity index (χ2n) is 4.75. The molecule has 1 N–H and O–H groups in total. The van der Waals surface area contributed by atoms with E-state index in [1.807, 2.05) is 17.5 Å². The molecule has 2 aromatic rings. The maximum atomic E-state index is 6.20. The molecule has 0 saturated carbocycles. The van der Waals surface area contributed by atoms with Crippen molar-refractivity contribution in [3.63, 3.8) is 0 Å². The van der Waals surface area contributed by atoms with E-state index in [1.54, 1.807) is 17.4 Å². The lowest BCUT2D eigenvalue weighted by Crippen LogP contribution is -2.18. The molecule has 0 atom stereocenters. The van der Waals surface area contributed by atoms with Gasteiger partial charge in [-0.3, -0.25) is 0 Å². The first-order chi connectivity index (χ1) is 9.08. The number of hydrogen-bond donors (Lipinski definition) is 1. The molecule has 0 aliphatic heterocycles. The van der Waals surface area contributed by atoms with Gasteiger partial charge in [-0.1, -0.05) is 49.2 Å². The van der Waals surface area contributed by atoms with E-state index in [1.165, 1.54) is 0 Å². The minimum atomic E-state index is 0.562. The number of nitrogens with one attached hydrogen (secondary N) is 1. The fourth-order valence-electron chi connectivity index (χ4n) is 1.69. The zero-order chi connectivity index (χ0) is 13.8. The first-order valence-corrected chi connectivity index (χ1v) is 7.81. The largest absolute Gasteiger partial charge is 0.310 e. The number of benzene rings is 1. The molecule has 0 bridgehead atoms. The molecule has 102 valence electrons. The smallest absolute Gasteiger partial charge is 0.107 e. The van der Waals surface area contributed by atoms with Gasteiger partial charge in [0, 0.05) is 17.5 Å². The minimum absolute atomic E-state index is 0.562. The molecule has 1 aromatic heterocycles. The van der Waals surface area contributed by atoms with Crippen molar-refractivity contribution in [2.24, 2.45) is 5.92 Å². The summed E-state index contributed by atoms with van der Waals surface area (Å²) in [5.41, 5.74) is 1.78. The van der Waals surface area contributed by atoms with Crippen LogP contribution in [0.15, 0.2) is 23.6 Å². The Bertz CT molecular complexity index is 552. The van der Waals surface area contributed by atoms with Crippen LogP contribution in [0.2, 0.25) is 10.0 Å². The molecular weight excluding hydrogens is 299 g/mol. The Balaban J connectivity index is 2.10. The number of aromatic nitrogens is 1. The van der Waals surface area contributed by atoms with Gasteiger partial charge in [0.1, 0.15) is 5.01 Å². The van der Waals surface area contributed by atoms with E-state index in [2.05, 4.69) is 24.1 Å². The quantitative estimate of drug-likeness (QED) is 0.852. The Morgan fingerprint density at radius 3 is 2.84 bits per heavy atom. The zero-order valence-corrected chi connectivity index (χ0v) is 13.2. The third-order valence-corrected chi connectivity index (χ3v) is 4.28. The summed E-state index contributed by atoms with van der Waals surface area (Å²) in [7, 11) is 0. The topological polar surface area (TPSA) is 24.9 Å². The Labute approximate surface area is 127 Å². The van der Waals surface area contributed by atoms with Crippen LogP contribution >= 0.6 is 34.5 Å². The molecule has 1 heterocycles. The average Bonchev–Trinajstić information content (AvgIpc) is 2.81. The monoisotopic (exact) mass is 314 g/mol. The molecule has 0 saturated heterocycles. The lowest BCUT2D eigenvalue weighted by atomic mass is 10.2. The predicted molar refractivity (Wildman–Crippen MR) is 84.1 cm³/mol. The van der Waals surface area contributed by atoms with Crippen LogP contribution in [0.5, 0.6) is 0 Å². The standard InChI is InChI=1S/C14H16Cl2N2S/c1-9(2)6-17-7-13-18-12(8-19-13)10-4-3-5-11(15)14(10)16/h3-5,8-9,17H,6-7H2,1-2H3. The highest BCUT2D eigenvalue weighted by molar-refractivity contribution is 7.09. The van der Waals surface area contributed by atoms with E-state index in [9.17, 15) is 0 Å². The summed E-state index contributed by atoms with van der Waals surface area (Å²) in [6, 6.07) is 5.61. The van der Waals surface area contributed by atoms with Gasteiger partial charge in [0.15, 0.2) is 0 Å². The van der Waals surface area contributed by atoms with Gasteiger partial charge < -0.3 is 5.32 Å². The van der Waals surface area contributed by atoms with Crippen LogP contribution in [0.3, 0.4) is 0 Å². The normalized spacial score (nSPS) is 11.2. The van der Waals surface area contributed by atoms with E-state index in [0.717, 1.165) is 29.4 Å². The van der Waals surface area contributed by atoms with Crippen molar-refractivity contribution in [3.8, 4) is 11.3 Å². The molecule has 0 unspecified atom stereocenters. The molecular formula is C14H16Cl2N2S. The molecule has 2 nitrogen and oxygen atoms in total. The Morgan fingerprint density at radius 1 is 1.32 bits per heavy atom. The van der Waals surface area contributed by atoms with Gasteiger partial charge in [0.2, 0.25) is 0 Å². The predicted octanol–water partition coefficient (Wildman–Crippen LogP) is 4.86. The molecule has 0 fully saturated rings. The van der Waals surface area contributed by atoms with Crippen LogP contribution in [0.1, 0.15) is 18.9 Å². The van der Waals surface area contributed by atoms with Crippen molar-refractivity contribution in [3.05, 3.63) is 38.6 Å². The molecule has 19 heavy (non-hydrogen) atoms. The lowest BCUT2D eigenvalue weighted by Gasteiger charge is -2.05. The first-order valence-electron chi connectivity index (χ1n) is 6.17. The van der Waals surface area contributed by atoms with Gasteiger partial charge in [-0.15, -0.1) is 11.3 Å². The van der Waals surface area contributed by atoms with E-state index >= 15 is 0 Å². The van der Waals surface area contributed by atoms with Crippen molar-refractivity contribution in [1.29, 1.82) is 0 Å². The van der Waals surface area contributed by atoms with Crippen molar-refractivity contribution in [2.45, 2.75) is 20.4 Å². The first kappa shape index (κ1) is 14.8. The Hall–Kier alpha value is -0.610. The van der Waals surface area contributed by atoms with Crippen LogP contribution < -0.4 is 5.32 Å². The van der Waals surface area contributed by atoms with Crippen LogP contribution in [0.4, 0.5) is 0 Å². The number of nitrogens with zero attached hydrogens (tertiary/aromatic N) is 1. The number of hydrogen-bond acceptors (Lipinski definition) is 3. The summed E-state index contributed by atoms with van der Waals surface area (Å²) in [6.45, 7) is 6.16. The molecule has 0 aliphatic carbocycles. The summed E-state index contributed by atoms with van der Waals surface area (Å²) in [5, 5.41) is 7.59. The van der Waals surface area contributed by atoms with E-state index in [-0.39, 0.29) is 0 Å². The number of rotatable bonds is 5. The van der Waals surface area contributed by atoms with Crippen LogP contribution in [0, 0.1) is 5.92 Å². The van der Waals surface area contributed by atoms with Gasteiger partial charge in [-0.25, -0.2) is 4.98 Å². The van der Waals surface area contributed by atoms with Crippen molar-refractivity contribution in [1.82, 2.24) is 10.3 Å². The summed E-state index contributed by atoms with van der Waals surface area (Å²) in [6.07, 6.45) is 0. The Morgan fingerprint density at radius 2 is 2.11 bits per heavy atom. The maximum absolute atomic E-state index is 6.20. The van der Waals surface area contributed by atoms with Gasteiger partial charge in [0.05, 0.1) is 15.7 Å². The van der Waals surface area contributed by atoms with Crippen LogP contribution in [-0.4, -0.2) is 11.5 Å². The summed E-state index contributed by atoms with van der Waals surface area (Å²) >= 11 is 13.9. The molecule has 0 spiro atoms. The third kappa shape index (κ3) is 3.93. The molecule has 0 aliphatic rings. The summed E-state index contributed by atoms with van der Waals surface area (Å²) < 4.78 is 0. The minimum Gasteiger partial charge on any atom is -0.310 e. The average molecular weight is 315 g/mol. The second-order valence-corrected chi connectivity index (χ2v) is 6.48. The molecule has 0 amide bonds. The van der Waals surface area contributed by atoms with Crippen LogP contribution in [0.25, 0.3) is 11.3 Å². The van der Waals surface area contributed by atoms with E-state index in [4.69, 9.17) is 23.2 Å². The zero-order valence-electron chi connectivity index (χ0n) is 10.9. The van der Waals surface area contributed by atoms with E-state index in [0.29, 0.717) is 16.0 Å². The number of halogens is 2. The lowest BCUT2D eigenvalue weighted by molar-refractivity contribution is 0.551. The van der Waals surface area contributed by atoms with E-state index < -0.39 is 0 Å². The molecule has 2 rings (SSSR count). The fourth-order valence-corrected chi connectivity index (χ4v) is 2.85. The fraction of sp³-hybridized carbons (Fsp3) is 0.357. The molecule has 1 aromatic carbocycles. The van der Waals surface area contributed by atoms with Crippen molar-refractivity contribution in [2.75, 3.05) is 6.54 Å². The summed E-state index contributed by atoms with van der Waals surface area (Å²) in [5.74, 6) is 0.641. The van der Waals surface area contributed by atoms with Crippen molar-refractivity contribution >= 4 is 34.5 Å². The highest BCUT2D eigenvalue weighted by atomic mass is 35.5. The highest BCUT2D eigenvalue weighted by Gasteiger charge is 2.10. The SMILES string of the molecule is CC(C)CNCc1nc(-c2cccc(Cl)c2Cl)cs1. The molecule has 5 heteroatoms. The van der Waals surface area contributed by atoms with Crippen LogP contribution in [-0.2, 0) is 6.54 Å². The van der Waals surface area contributed by atoms with Crippen molar-refractivity contribution < 1.29 is 0 Å². The van der Waals surface area contributed by atoms with Gasteiger partial charge in [-0.05, 0) is 18.5 Å². The highest BCUT2D eigenvalue weighted by Crippen LogP contribution is 2.33. The van der Waals surface area contributed by atoms with Gasteiger partial charge in [-0.2, -0.15) is 0 Å². The maximum Gasteiger partial charge on any atom is 0.107 e. The Kier molecular flexibility index (Phi) is 5.22. The number of thiazole rings is 1. The van der Waals surface area contributed by atoms with Gasteiger partial charge >= 0.3 is 0 Å². The summed E-state index contributed by atoms with van der Waals surface area (Å²) in [4.78, 5) is 4.59. The molecule has 0 radical (unpaired) electrons.